The first-order valence-electron chi connectivity index (χ1n) is 8.70. The largest absolute Gasteiger partial charge is 0.312 e. The highest BCUT2D eigenvalue weighted by molar-refractivity contribution is 5.21. The molecule has 21 heavy (non-hydrogen) atoms. The zero-order valence-corrected chi connectivity index (χ0v) is 13.6. The second-order valence-corrected chi connectivity index (χ2v) is 7.42. The molecule has 1 saturated carbocycles. The summed E-state index contributed by atoms with van der Waals surface area (Å²) in [5.74, 6) is 1.77. The van der Waals surface area contributed by atoms with Crippen molar-refractivity contribution in [2.24, 2.45) is 11.8 Å². The summed E-state index contributed by atoms with van der Waals surface area (Å²) in [6, 6.07) is 9.72. The number of benzene rings is 1. The summed E-state index contributed by atoms with van der Waals surface area (Å²) >= 11 is 0. The van der Waals surface area contributed by atoms with E-state index in [1.165, 1.54) is 56.4 Å². The van der Waals surface area contributed by atoms with E-state index in [0.29, 0.717) is 6.04 Å². The third kappa shape index (κ3) is 4.31. The molecule has 2 atom stereocenters. The van der Waals surface area contributed by atoms with E-state index in [2.05, 4.69) is 48.3 Å². The number of hydrogen-bond acceptors (Lipinski definition) is 2. The second-order valence-electron chi connectivity index (χ2n) is 7.42. The standard InChI is InChI=1S/C19H30N2/c1-15-6-8-18(9-7-15)13-21-12-16(2)10-19(14-21)20-11-17-4-3-5-17/h6-9,16-17,19-20H,3-5,10-14H2,1-2H3. The highest BCUT2D eigenvalue weighted by atomic mass is 15.2. The van der Waals surface area contributed by atoms with Gasteiger partial charge in [0.15, 0.2) is 0 Å². The fourth-order valence-electron chi connectivity index (χ4n) is 3.72. The number of nitrogens with zero attached hydrogens (tertiary/aromatic N) is 1. The van der Waals surface area contributed by atoms with Crippen LogP contribution >= 0.6 is 0 Å². The van der Waals surface area contributed by atoms with Crippen LogP contribution < -0.4 is 5.32 Å². The molecule has 1 aliphatic heterocycles. The molecule has 0 amide bonds. The van der Waals surface area contributed by atoms with Gasteiger partial charge in [-0.15, -0.1) is 0 Å². The molecule has 0 radical (unpaired) electrons. The number of nitrogens with one attached hydrogen (secondary N) is 1. The summed E-state index contributed by atoms with van der Waals surface area (Å²) in [5, 5.41) is 3.84. The molecule has 1 aromatic carbocycles. The van der Waals surface area contributed by atoms with E-state index in [-0.39, 0.29) is 0 Å². The van der Waals surface area contributed by atoms with Gasteiger partial charge in [0.05, 0.1) is 0 Å². The Morgan fingerprint density at radius 1 is 1.14 bits per heavy atom. The van der Waals surface area contributed by atoms with Gasteiger partial charge >= 0.3 is 0 Å². The molecule has 2 aliphatic rings. The smallest absolute Gasteiger partial charge is 0.0234 e. The molecule has 1 saturated heterocycles. The quantitative estimate of drug-likeness (QED) is 0.890. The van der Waals surface area contributed by atoms with Crippen LogP contribution in [0.5, 0.6) is 0 Å². The molecule has 0 spiro atoms. The van der Waals surface area contributed by atoms with E-state index in [1.54, 1.807) is 0 Å². The predicted molar refractivity (Wildman–Crippen MR) is 89.4 cm³/mol. The second kappa shape index (κ2) is 6.93. The lowest BCUT2D eigenvalue weighted by molar-refractivity contribution is 0.136. The fraction of sp³-hybridized carbons (Fsp3) is 0.684. The maximum Gasteiger partial charge on any atom is 0.0234 e. The van der Waals surface area contributed by atoms with Gasteiger partial charge in [0.25, 0.3) is 0 Å². The number of piperidine rings is 1. The minimum absolute atomic E-state index is 0.694. The monoisotopic (exact) mass is 286 g/mol. The Bertz CT molecular complexity index is 435. The molecular weight excluding hydrogens is 256 g/mol. The molecule has 2 nitrogen and oxygen atoms in total. The first-order chi connectivity index (χ1) is 10.2. The van der Waals surface area contributed by atoms with E-state index in [9.17, 15) is 0 Å². The molecule has 2 fully saturated rings. The number of aryl methyl sites for hydroxylation is 1. The van der Waals surface area contributed by atoms with Crippen LogP contribution in [0.3, 0.4) is 0 Å². The molecule has 0 aromatic heterocycles. The number of hydrogen-bond donors (Lipinski definition) is 1. The Morgan fingerprint density at radius 2 is 1.90 bits per heavy atom. The average molecular weight is 286 g/mol. The van der Waals surface area contributed by atoms with Crippen LogP contribution in [0, 0.1) is 18.8 Å². The van der Waals surface area contributed by atoms with Crippen molar-refractivity contribution in [3.8, 4) is 0 Å². The number of rotatable bonds is 5. The average Bonchev–Trinajstić information content (AvgIpc) is 2.39. The summed E-state index contributed by atoms with van der Waals surface area (Å²) in [4.78, 5) is 2.64. The van der Waals surface area contributed by atoms with Crippen molar-refractivity contribution in [2.75, 3.05) is 19.6 Å². The maximum atomic E-state index is 3.84. The summed E-state index contributed by atoms with van der Waals surface area (Å²) in [5.41, 5.74) is 2.80. The molecule has 1 aliphatic carbocycles. The van der Waals surface area contributed by atoms with Gasteiger partial charge in [0.1, 0.15) is 0 Å². The van der Waals surface area contributed by atoms with Crippen molar-refractivity contribution in [3.05, 3.63) is 35.4 Å². The van der Waals surface area contributed by atoms with Crippen molar-refractivity contribution < 1.29 is 0 Å². The van der Waals surface area contributed by atoms with E-state index in [1.807, 2.05) is 0 Å². The van der Waals surface area contributed by atoms with E-state index in [0.717, 1.165) is 18.4 Å². The Kier molecular flexibility index (Phi) is 4.97. The Hall–Kier alpha value is -0.860. The molecule has 116 valence electrons. The normalized spacial score (nSPS) is 27.5. The summed E-state index contributed by atoms with van der Waals surface area (Å²) < 4.78 is 0. The first-order valence-corrected chi connectivity index (χ1v) is 8.70. The first kappa shape index (κ1) is 15.1. The van der Waals surface area contributed by atoms with Gasteiger partial charge in [-0.2, -0.15) is 0 Å². The van der Waals surface area contributed by atoms with Crippen molar-refractivity contribution in [2.45, 2.75) is 52.1 Å². The zero-order chi connectivity index (χ0) is 14.7. The topological polar surface area (TPSA) is 15.3 Å². The molecule has 0 bridgehead atoms. The van der Waals surface area contributed by atoms with Gasteiger partial charge in [0, 0.05) is 25.7 Å². The zero-order valence-electron chi connectivity index (χ0n) is 13.6. The lowest BCUT2D eigenvalue weighted by Gasteiger charge is -2.38. The third-order valence-corrected chi connectivity index (χ3v) is 5.18. The Balaban J connectivity index is 1.50. The molecule has 3 rings (SSSR count). The minimum Gasteiger partial charge on any atom is -0.312 e. The van der Waals surface area contributed by atoms with Crippen LogP contribution in [0.15, 0.2) is 24.3 Å². The van der Waals surface area contributed by atoms with Crippen LogP contribution in [0.2, 0.25) is 0 Å². The van der Waals surface area contributed by atoms with Crippen LogP contribution in [0.4, 0.5) is 0 Å². The van der Waals surface area contributed by atoms with Crippen LogP contribution in [0.1, 0.15) is 43.7 Å². The van der Waals surface area contributed by atoms with Crippen molar-refractivity contribution in [3.63, 3.8) is 0 Å². The predicted octanol–water partition coefficient (Wildman–Crippen LogP) is 3.60. The fourth-order valence-corrected chi connectivity index (χ4v) is 3.72. The van der Waals surface area contributed by atoms with Crippen LogP contribution in [-0.2, 0) is 6.54 Å². The third-order valence-electron chi connectivity index (χ3n) is 5.18. The Labute approximate surface area is 129 Å². The SMILES string of the molecule is Cc1ccc(CN2CC(C)CC(NCC3CCC3)C2)cc1. The highest BCUT2D eigenvalue weighted by Crippen LogP contribution is 2.26. The Morgan fingerprint density at radius 3 is 2.57 bits per heavy atom. The highest BCUT2D eigenvalue weighted by Gasteiger charge is 2.26. The van der Waals surface area contributed by atoms with Crippen molar-refractivity contribution in [1.82, 2.24) is 10.2 Å². The molecular formula is C19H30N2. The van der Waals surface area contributed by atoms with E-state index in [4.69, 9.17) is 0 Å². The summed E-state index contributed by atoms with van der Waals surface area (Å²) in [6.45, 7) is 9.37. The van der Waals surface area contributed by atoms with Gasteiger partial charge in [-0.25, -0.2) is 0 Å². The molecule has 1 N–H and O–H groups in total. The van der Waals surface area contributed by atoms with Crippen molar-refractivity contribution in [1.29, 1.82) is 0 Å². The number of likely N-dealkylation sites (tertiary alicyclic amines) is 1. The molecule has 2 unspecified atom stereocenters. The van der Waals surface area contributed by atoms with Gasteiger partial charge in [-0.05, 0) is 50.1 Å². The maximum absolute atomic E-state index is 3.84. The van der Waals surface area contributed by atoms with Gasteiger partial charge < -0.3 is 5.32 Å². The summed E-state index contributed by atoms with van der Waals surface area (Å²) in [7, 11) is 0. The lowest BCUT2D eigenvalue weighted by Crippen LogP contribution is -2.49. The van der Waals surface area contributed by atoms with E-state index < -0.39 is 0 Å². The van der Waals surface area contributed by atoms with E-state index >= 15 is 0 Å². The molecule has 1 aromatic rings. The molecule has 2 heteroatoms. The van der Waals surface area contributed by atoms with Crippen LogP contribution in [-0.4, -0.2) is 30.6 Å². The van der Waals surface area contributed by atoms with Gasteiger partial charge in [-0.1, -0.05) is 43.2 Å². The lowest BCUT2D eigenvalue weighted by atomic mass is 9.85. The minimum atomic E-state index is 0.694. The van der Waals surface area contributed by atoms with Crippen molar-refractivity contribution >= 4 is 0 Å². The molecule has 1 heterocycles. The summed E-state index contributed by atoms with van der Waals surface area (Å²) in [6.07, 6.45) is 5.69. The van der Waals surface area contributed by atoms with Gasteiger partial charge in [0.2, 0.25) is 0 Å². The van der Waals surface area contributed by atoms with Gasteiger partial charge in [-0.3, -0.25) is 4.90 Å². The van der Waals surface area contributed by atoms with Crippen LogP contribution in [0.25, 0.3) is 0 Å².